The predicted octanol–water partition coefficient (Wildman–Crippen LogP) is 2.84. The van der Waals surface area contributed by atoms with Gasteiger partial charge in [-0.25, -0.2) is 0 Å². The van der Waals surface area contributed by atoms with Gasteiger partial charge in [0.15, 0.2) is 0 Å². The summed E-state index contributed by atoms with van der Waals surface area (Å²) in [6, 6.07) is 0. The van der Waals surface area contributed by atoms with Gasteiger partial charge in [0, 0.05) is 7.11 Å². The molecule has 0 saturated carbocycles. The first-order chi connectivity index (χ1) is 6.29. The van der Waals surface area contributed by atoms with Crippen LogP contribution in [0.25, 0.3) is 0 Å². The minimum absolute atomic E-state index is 0.00511. The second-order valence-electron chi connectivity index (χ2n) is 5.56. The van der Waals surface area contributed by atoms with E-state index in [0.717, 1.165) is 12.8 Å². The van der Waals surface area contributed by atoms with Crippen molar-refractivity contribution < 1.29 is 9.84 Å². The molecule has 2 nitrogen and oxygen atoms in total. The van der Waals surface area contributed by atoms with Gasteiger partial charge in [-0.1, -0.05) is 34.6 Å². The van der Waals surface area contributed by atoms with E-state index in [9.17, 15) is 5.11 Å². The Kier molecular flexibility index (Phi) is 5.68. The number of ether oxygens (including phenoxy) is 1. The number of aliphatic hydroxyl groups is 1. The van der Waals surface area contributed by atoms with Crippen LogP contribution in [0, 0.1) is 11.3 Å². The maximum Gasteiger partial charge on any atom is 0.0878 e. The normalized spacial score (nSPS) is 17.1. The average Bonchev–Trinajstić information content (AvgIpc) is 1.99. The lowest BCUT2D eigenvalue weighted by atomic mass is 9.83. The summed E-state index contributed by atoms with van der Waals surface area (Å²) in [6.07, 6.45) is 1.47. The molecular weight excluding hydrogens is 176 g/mol. The maximum atomic E-state index is 9.97. The van der Waals surface area contributed by atoms with E-state index < -0.39 is 0 Å². The number of hydrogen-bond donors (Lipinski definition) is 1. The van der Waals surface area contributed by atoms with Crippen LogP contribution >= 0.6 is 0 Å². The summed E-state index contributed by atoms with van der Waals surface area (Å²) in [7, 11) is 1.68. The zero-order valence-corrected chi connectivity index (χ0v) is 10.5. The molecule has 0 aliphatic carbocycles. The lowest BCUT2D eigenvalue weighted by Gasteiger charge is -2.33. The molecule has 0 aromatic carbocycles. The summed E-state index contributed by atoms with van der Waals surface area (Å²) in [5, 5.41) is 9.97. The molecule has 86 valence electrons. The van der Waals surface area contributed by atoms with Gasteiger partial charge in [-0.3, -0.25) is 0 Å². The van der Waals surface area contributed by atoms with Crippen molar-refractivity contribution in [2.75, 3.05) is 7.11 Å². The zero-order chi connectivity index (χ0) is 11.4. The lowest BCUT2D eigenvalue weighted by Crippen LogP contribution is -2.39. The fourth-order valence-corrected chi connectivity index (χ4v) is 1.74. The van der Waals surface area contributed by atoms with Crippen molar-refractivity contribution in [2.45, 2.75) is 59.7 Å². The summed E-state index contributed by atoms with van der Waals surface area (Å²) >= 11 is 0. The largest absolute Gasteiger partial charge is 0.390 e. The Balaban J connectivity index is 4.12. The highest BCUT2D eigenvalue weighted by Gasteiger charge is 2.30. The van der Waals surface area contributed by atoms with E-state index in [0.29, 0.717) is 5.92 Å². The van der Waals surface area contributed by atoms with E-state index in [1.165, 1.54) is 0 Å². The lowest BCUT2D eigenvalue weighted by molar-refractivity contribution is -0.0745. The van der Waals surface area contributed by atoms with Crippen LogP contribution < -0.4 is 0 Å². The first-order valence-corrected chi connectivity index (χ1v) is 5.50. The van der Waals surface area contributed by atoms with Crippen molar-refractivity contribution in [1.82, 2.24) is 0 Å². The fraction of sp³-hybridized carbons (Fsp3) is 1.00. The van der Waals surface area contributed by atoms with Crippen LogP contribution in [-0.2, 0) is 4.74 Å². The molecule has 2 unspecified atom stereocenters. The molecule has 1 N–H and O–H groups in total. The highest BCUT2D eigenvalue weighted by atomic mass is 16.5. The monoisotopic (exact) mass is 202 g/mol. The van der Waals surface area contributed by atoms with Crippen molar-refractivity contribution in [3.63, 3.8) is 0 Å². The SMILES string of the molecule is COC(C(O)CCC(C)C)C(C)(C)C. The van der Waals surface area contributed by atoms with E-state index in [2.05, 4.69) is 34.6 Å². The third-order valence-electron chi connectivity index (χ3n) is 2.50. The third kappa shape index (κ3) is 4.97. The molecule has 2 atom stereocenters. The summed E-state index contributed by atoms with van der Waals surface area (Å²) in [4.78, 5) is 0. The van der Waals surface area contributed by atoms with Gasteiger partial charge in [0.2, 0.25) is 0 Å². The van der Waals surface area contributed by atoms with Gasteiger partial charge in [-0.15, -0.1) is 0 Å². The summed E-state index contributed by atoms with van der Waals surface area (Å²) in [5.41, 5.74) is 0.00511. The van der Waals surface area contributed by atoms with E-state index in [1.807, 2.05) is 0 Å². The van der Waals surface area contributed by atoms with Gasteiger partial charge in [-0.05, 0) is 24.2 Å². The highest BCUT2D eigenvalue weighted by Crippen LogP contribution is 2.26. The molecule has 0 heterocycles. The fourth-order valence-electron chi connectivity index (χ4n) is 1.74. The predicted molar refractivity (Wildman–Crippen MR) is 60.3 cm³/mol. The molecular formula is C12H26O2. The molecule has 0 rings (SSSR count). The van der Waals surface area contributed by atoms with E-state index in [1.54, 1.807) is 7.11 Å². The van der Waals surface area contributed by atoms with E-state index in [4.69, 9.17) is 4.74 Å². The molecule has 0 amide bonds. The number of aliphatic hydroxyl groups excluding tert-OH is 1. The summed E-state index contributed by atoms with van der Waals surface area (Å²) < 4.78 is 5.36. The molecule has 0 bridgehead atoms. The van der Waals surface area contributed by atoms with Crippen molar-refractivity contribution in [1.29, 1.82) is 0 Å². The Morgan fingerprint density at radius 1 is 1.14 bits per heavy atom. The molecule has 2 heteroatoms. The summed E-state index contributed by atoms with van der Waals surface area (Å²) in [6.45, 7) is 10.6. The van der Waals surface area contributed by atoms with Crippen molar-refractivity contribution in [3.8, 4) is 0 Å². The number of hydrogen-bond acceptors (Lipinski definition) is 2. The first kappa shape index (κ1) is 13.9. The van der Waals surface area contributed by atoms with Gasteiger partial charge in [-0.2, -0.15) is 0 Å². The Bertz CT molecular complexity index is 147. The van der Waals surface area contributed by atoms with Crippen LogP contribution in [0.15, 0.2) is 0 Å². The molecule has 0 aliphatic heterocycles. The second-order valence-corrected chi connectivity index (χ2v) is 5.56. The molecule has 0 aromatic heterocycles. The Labute approximate surface area is 88.7 Å². The second kappa shape index (κ2) is 5.72. The van der Waals surface area contributed by atoms with Crippen molar-refractivity contribution in [3.05, 3.63) is 0 Å². The minimum atomic E-state index is -0.345. The first-order valence-electron chi connectivity index (χ1n) is 5.50. The van der Waals surface area contributed by atoms with Crippen molar-refractivity contribution >= 4 is 0 Å². The van der Waals surface area contributed by atoms with Crippen LogP contribution in [0.3, 0.4) is 0 Å². The van der Waals surface area contributed by atoms with Gasteiger partial charge >= 0.3 is 0 Å². The zero-order valence-electron chi connectivity index (χ0n) is 10.5. The quantitative estimate of drug-likeness (QED) is 0.743. The highest BCUT2D eigenvalue weighted by molar-refractivity contribution is 4.81. The van der Waals surface area contributed by atoms with Crippen molar-refractivity contribution in [2.24, 2.45) is 11.3 Å². The molecule has 0 radical (unpaired) electrons. The summed E-state index contributed by atoms with van der Waals surface area (Å²) in [5.74, 6) is 0.641. The number of methoxy groups -OCH3 is 1. The Morgan fingerprint density at radius 3 is 1.93 bits per heavy atom. The smallest absolute Gasteiger partial charge is 0.0878 e. The van der Waals surface area contributed by atoms with Crippen LogP contribution in [0.4, 0.5) is 0 Å². The number of rotatable bonds is 5. The van der Waals surface area contributed by atoms with Gasteiger partial charge in [0.05, 0.1) is 12.2 Å². The molecule has 14 heavy (non-hydrogen) atoms. The minimum Gasteiger partial charge on any atom is -0.390 e. The van der Waals surface area contributed by atoms with Crippen LogP contribution in [0.1, 0.15) is 47.5 Å². The standard InChI is InChI=1S/C12H26O2/c1-9(2)7-8-10(13)11(14-6)12(3,4)5/h9-11,13H,7-8H2,1-6H3. The van der Waals surface area contributed by atoms with Crippen LogP contribution in [0.2, 0.25) is 0 Å². The third-order valence-corrected chi connectivity index (χ3v) is 2.50. The Morgan fingerprint density at radius 2 is 1.64 bits per heavy atom. The van der Waals surface area contributed by atoms with Gasteiger partial charge < -0.3 is 9.84 Å². The molecule has 0 aromatic rings. The van der Waals surface area contributed by atoms with Crippen LogP contribution in [-0.4, -0.2) is 24.4 Å². The van der Waals surface area contributed by atoms with Gasteiger partial charge in [0.1, 0.15) is 0 Å². The Hall–Kier alpha value is -0.0800. The van der Waals surface area contributed by atoms with Gasteiger partial charge in [0.25, 0.3) is 0 Å². The molecule has 0 aliphatic rings. The topological polar surface area (TPSA) is 29.5 Å². The van der Waals surface area contributed by atoms with E-state index >= 15 is 0 Å². The molecule has 0 fully saturated rings. The maximum absolute atomic E-state index is 9.97. The average molecular weight is 202 g/mol. The van der Waals surface area contributed by atoms with E-state index in [-0.39, 0.29) is 17.6 Å². The van der Waals surface area contributed by atoms with Crippen LogP contribution in [0.5, 0.6) is 0 Å². The molecule has 0 saturated heterocycles. The molecule has 0 spiro atoms.